The number of cyclic esters (lactones) is 1. The second-order valence-electron chi connectivity index (χ2n) is 7.24. The van der Waals surface area contributed by atoms with E-state index >= 15 is 0 Å². The molecule has 5 rings (SSSR count). The summed E-state index contributed by atoms with van der Waals surface area (Å²) < 4.78 is 16.6. The molecule has 1 aromatic heterocycles. The first-order valence-corrected chi connectivity index (χ1v) is 9.94. The van der Waals surface area contributed by atoms with Gasteiger partial charge in [0.25, 0.3) is 5.91 Å². The van der Waals surface area contributed by atoms with E-state index in [4.69, 9.17) is 13.9 Å². The lowest BCUT2D eigenvalue weighted by Gasteiger charge is -2.12. The summed E-state index contributed by atoms with van der Waals surface area (Å²) in [5.41, 5.74) is 2.43. The number of benzene rings is 3. The van der Waals surface area contributed by atoms with Crippen molar-refractivity contribution in [3.8, 4) is 17.1 Å². The van der Waals surface area contributed by atoms with Crippen LogP contribution in [-0.4, -0.2) is 18.5 Å². The predicted octanol–water partition coefficient (Wildman–Crippen LogP) is 4.15. The van der Waals surface area contributed by atoms with Crippen molar-refractivity contribution in [1.82, 2.24) is 0 Å². The van der Waals surface area contributed by atoms with Crippen LogP contribution in [0.15, 0.2) is 82.0 Å². The van der Waals surface area contributed by atoms with Crippen molar-refractivity contribution in [2.45, 2.75) is 6.61 Å². The molecule has 0 fully saturated rings. The van der Waals surface area contributed by atoms with Gasteiger partial charge in [0, 0.05) is 16.8 Å². The molecule has 3 aromatic carbocycles. The molecule has 0 saturated heterocycles. The summed E-state index contributed by atoms with van der Waals surface area (Å²) in [5.74, 6) is -0.604. The van der Waals surface area contributed by atoms with Crippen molar-refractivity contribution in [2.75, 3.05) is 11.9 Å². The van der Waals surface area contributed by atoms with Crippen LogP contribution in [-0.2, 0) is 16.1 Å². The van der Waals surface area contributed by atoms with Crippen LogP contribution in [0.1, 0.15) is 15.9 Å². The number of para-hydroxylation sites is 1. The molecule has 1 N–H and O–H groups in total. The van der Waals surface area contributed by atoms with Gasteiger partial charge in [-0.15, -0.1) is 0 Å². The molecule has 7 nitrogen and oxygen atoms in total. The number of carbonyl (C=O) groups is 2. The van der Waals surface area contributed by atoms with E-state index < -0.39 is 12.5 Å². The lowest BCUT2D eigenvalue weighted by molar-refractivity contribution is -0.118. The molecule has 32 heavy (non-hydrogen) atoms. The van der Waals surface area contributed by atoms with Crippen molar-refractivity contribution in [3.63, 3.8) is 0 Å². The maximum atomic E-state index is 13.1. The van der Waals surface area contributed by atoms with E-state index in [1.54, 1.807) is 54.6 Å². The van der Waals surface area contributed by atoms with Crippen molar-refractivity contribution >= 4 is 28.5 Å². The summed E-state index contributed by atoms with van der Waals surface area (Å²) in [6, 6.07) is 20.9. The minimum Gasteiger partial charge on any atom is -0.476 e. The Bertz CT molecular complexity index is 1410. The number of rotatable bonds is 5. The number of hydrogen-bond donors (Lipinski definition) is 1. The van der Waals surface area contributed by atoms with Crippen molar-refractivity contribution in [3.05, 3.63) is 94.1 Å². The summed E-state index contributed by atoms with van der Waals surface area (Å²) >= 11 is 0. The first-order chi connectivity index (χ1) is 15.6. The highest BCUT2D eigenvalue weighted by Crippen LogP contribution is 2.30. The zero-order chi connectivity index (χ0) is 22.1. The first-order valence-electron chi connectivity index (χ1n) is 9.94. The van der Waals surface area contributed by atoms with Gasteiger partial charge in [-0.1, -0.05) is 42.5 Å². The van der Waals surface area contributed by atoms with Crippen molar-refractivity contribution in [2.24, 2.45) is 0 Å². The highest BCUT2D eigenvalue weighted by atomic mass is 16.5. The van der Waals surface area contributed by atoms with Gasteiger partial charge in [-0.3, -0.25) is 9.59 Å². The predicted molar refractivity (Wildman–Crippen MR) is 118 cm³/mol. The third-order valence-electron chi connectivity index (χ3n) is 5.11. The third-order valence-corrected chi connectivity index (χ3v) is 5.11. The SMILES string of the molecule is O=C(COc1c(-c2ccccc2)oc2ccccc2c1=O)Nc1ccc2c(c1)COC2=O. The Balaban J connectivity index is 1.41. The lowest BCUT2D eigenvalue weighted by Crippen LogP contribution is -2.22. The van der Waals surface area contributed by atoms with Gasteiger partial charge in [0.2, 0.25) is 11.2 Å². The number of carbonyl (C=O) groups excluding carboxylic acids is 2. The van der Waals surface area contributed by atoms with E-state index in [0.29, 0.717) is 33.3 Å². The summed E-state index contributed by atoms with van der Waals surface area (Å²) in [6.45, 7) is -0.220. The largest absolute Gasteiger partial charge is 0.476 e. The van der Waals surface area contributed by atoms with Crippen LogP contribution in [0.2, 0.25) is 0 Å². The molecule has 1 aliphatic heterocycles. The third kappa shape index (κ3) is 3.60. The fraction of sp³-hybridized carbons (Fsp3) is 0.0800. The zero-order valence-corrected chi connectivity index (χ0v) is 16.8. The Labute approximate surface area is 182 Å². The molecule has 0 spiro atoms. The Morgan fingerprint density at radius 2 is 1.75 bits per heavy atom. The van der Waals surface area contributed by atoms with Crippen LogP contribution in [0.5, 0.6) is 5.75 Å². The monoisotopic (exact) mass is 427 g/mol. The molecule has 0 bridgehead atoms. The number of nitrogens with one attached hydrogen (secondary N) is 1. The van der Waals surface area contributed by atoms with Gasteiger partial charge in [0.05, 0.1) is 10.9 Å². The quantitative estimate of drug-likeness (QED) is 0.481. The minimum atomic E-state index is -0.457. The van der Waals surface area contributed by atoms with E-state index in [0.717, 1.165) is 0 Å². The Morgan fingerprint density at radius 1 is 0.969 bits per heavy atom. The molecule has 0 aliphatic carbocycles. The number of hydrogen-bond acceptors (Lipinski definition) is 6. The number of esters is 1. The molecule has 2 heterocycles. The molecule has 0 unspecified atom stereocenters. The van der Waals surface area contributed by atoms with Gasteiger partial charge in [-0.05, 0) is 30.3 Å². The zero-order valence-electron chi connectivity index (χ0n) is 16.8. The Kier molecular flexibility index (Phi) is 4.91. The van der Waals surface area contributed by atoms with E-state index in [-0.39, 0.29) is 29.5 Å². The topological polar surface area (TPSA) is 94.8 Å². The molecule has 4 aromatic rings. The van der Waals surface area contributed by atoms with Crippen LogP contribution in [0.25, 0.3) is 22.3 Å². The van der Waals surface area contributed by atoms with Gasteiger partial charge in [0.15, 0.2) is 12.4 Å². The number of amides is 1. The van der Waals surface area contributed by atoms with Gasteiger partial charge < -0.3 is 19.2 Å². The highest BCUT2D eigenvalue weighted by Gasteiger charge is 2.22. The summed E-state index contributed by atoms with van der Waals surface area (Å²) in [4.78, 5) is 37.2. The van der Waals surface area contributed by atoms with E-state index in [2.05, 4.69) is 5.32 Å². The molecule has 158 valence electrons. The Morgan fingerprint density at radius 3 is 2.59 bits per heavy atom. The van der Waals surface area contributed by atoms with Crippen molar-refractivity contribution in [1.29, 1.82) is 0 Å². The number of ether oxygens (including phenoxy) is 2. The number of fused-ring (bicyclic) bond motifs is 2. The minimum absolute atomic E-state index is 0.0296. The van der Waals surface area contributed by atoms with Gasteiger partial charge in [-0.25, -0.2) is 4.79 Å². The maximum absolute atomic E-state index is 13.1. The van der Waals surface area contributed by atoms with E-state index in [9.17, 15) is 14.4 Å². The fourth-order valence-electron chi connectivity index (χ4n) is 3.58. The van der Waals surface area contributed by atoms with Crippen LogP contribution in [0.3, 0.4) is 0 Å². The summed E-state index contributed by atoms with van der Waals surface area (Å²) in [7, 11) is 0. The Hall–Kier alpha value is -4.39. The first kappa shape index (κ1) is 19.6. The van der Waals surface area contributed by atoms with E-state index in [1.807, 2.05) is 18.2 Å². The highest BCUT2D eigenvalue weighted by molar-refractivity contribution is 5.96. The summed E-state index contributed by atoms with van der Waals surface area (Å²) in [5, 5.41) is 3.08. The second kappa shape index (κ2) is 8.03. The smallest absolute Gasteiger partial charge is 0.338 e. The van der Waals surface area contributed by atoms with Crippen LogP contribution < -0.4 is 15.5 Å². The summed E-state index contributed by atoms with van der Waals surface area (Å²) in [6.07, 6.45) is 0. The fourth-order valence-corrected chi connectivity index (χ4v) is 3.58. The van der Waals surface area contributed by atoms with Crippen molar-refractivity contribution < 1.29 is 23.5 Å². The maximum Gasteiger partial charge on any atom is 0.338 e. The van der Waals surface area contributed by atoms with Gasteiger partial charge >= 0.3 is 5.97 Å². The average Bonchev–Trinajstić information content (AvgIpc) is 3.19. The lowest BCUT2D eigenvalue weighted by atomic mass is 10.1. The standard InChI is InChI=1S/C25H17NO6/c27-21(26-17-10-11-18-16(12-17)13-31-25(18)29)14-30-24-22(28)19-8-4-5-9-20(19)32-23(24)15-6-2-1-3-7-15/h1-12H,13-14H2,(H,26,27). The van der Waals surface area contributed by atoms with Gasteiger partial charge in [-0.2, -0.15) is 0 Å². The molecular formula is C25H17NO6. The van der Waals surface area contributed by atoms with Gasteiger partial charge in [0.1, 0.15) is 12.2 Å². The molecule has 0 saturated carbocycles. The van der Waals surface area contributed by atoms with Crippen LogP contribution >= 0.6 is 0 Å². The van der Waals surface area contributed by atoms with E-state index in [1.165, 1.54) is 0 Å². The second-order valence-corrected chi connectivity index (χ2v) is 7.24. The molecule has 1 amide bonds. The number of anilines is 1. The van der Waals surface area contributed by atoms with Crippen LogP contribution in [0, 0.1) is 0 Å². The molecule has 7 heteroatoms. The van der Waals surface area contributed by atoms with Crippen LogP contribution in [0.4, 0.5) is 5.69 Å². The molecule has 1 aliphatic rings. The molecule has 0 atom stereocenters. The molecular weight excluding hydrogens is 410 g/mol. The normalized spacial score (nSPS) is 12.3. The molecule has 0 radical (unpaired) electrons. The average molecular weight is 427 g/mol.